The molecule has 2 fully saturated rings. The Morgan fingerprint density at radius 2 is 2.12 bits per heavy atom. The molecule has 1 N–H and O–H groups in total. The zero-order chi connectivity index (χ0) is 16.6. The summed E-state index contributed by atoms with van der Waals surface area (Å²) in [6.45, 7) is 2.61. The average molecular weight is 330 g/mol. The maximum absolute atomic E-state index is 12.9. The van der Waals surface area contributed by atoms with Crippen LogP contribution in [-0.2, 0) is 11.2 Å². The van der Waals surface area contributed by atoms with E-state index in [1.165, 1.54) is 0 Å². The van der Waals surface area contributed by atoms with Crippen molar-refractivity contribution in [2.24, 2.45) is 0 Å². The normalized spacial score (nSPS) is 26.2. The van der Waals surface area contributed by atoms with E-state index in [1.807, 2.05) is 23.1 Å². The van der Waals surface area contributed by atoms with Crippen LogP contribution in [0.15, 0.2) is 18.2 Å². The van der Waals surface area contributed by atoms with Crippen molar-refractivity contribution in [1.82, 2.24) is 10.2 Å². The maximum Gasteiger partial charge on any atom is 0.407 e. The fraction of sp³-hybridized carbons (Fsp3) is 0.556. The summed E-state index contributed by atoms with van der Waals surface area (Å²) in [5.74, 6) is 0.953. The monoisotopic (exact) mass is 330 g/mol. The number of nitrogens with one attached hydrogen (secondary N) is 1. The summed E-state index contributed by atoms with van der Waals surface area (Å²) in [6.07, 6.45) is 3.94. The third-order valence-electron chi connectivity index (χ3n) is 5.20. The number of hydrogen-bond donors (Lipinski definition) is 1. The summed E-state index contributed by atoms with van der Waals surface area (Å²) in [4.78, 5) is 26.1. The molecule has 0 bridgehead atoms. The Bertz CT molecular complexity index is 675. The molecule has 128 valence electrons. The number of carbonyl (C=O) groups is 2. The van der Waals surface area contributed by atoms with E-state index in [0.29, 0.717) is 26.1 Å². The van der Waals surface area contributed by atoms with Crippen molar-refractivity contribution in [3.8, 4) is 5.75 Å². The number of amides is 2. The predicted octanol–water partition coefficient (Wildman–Crippen LogP) is 2.12. The first-order chi connectivity index (χ1) is 11.7. The van der Waals surface area contributed by atoms with Crippen molar-refractivity contribution in [2.45, 2.75) is 37.7 Å². The van der Waals surface area contributed by atoms with E-state index in [-0.39, 0.29) is 12.0 Å². The van der Waals surface area contributed by atoms with Crippen molar-refractivity contribution >= 4 is 12.0 Å². The third kappa shape index (κ3) is 2.81. The number of nitrogens with zero attached hydrogens (tertiary/aromatic N) is 1. The molecule has 1 aromatic carbocycles. The average Bonchev–Trinajstić information content (AvgIpc) is 2.85. The first kappa shape index (κ1) is 15.3. The second kappa shape index (κ2) is 6.00. The SMILES string of the molecule is O=C1NC[C@@]2(CCCN(C(=O)c3ccc4c(c3)CCCO4)CC2)O1. The molecular weight excluding hydrogens is 308 g/mol. The van der Waals surface area contributed by atoms with E-state index < -0.39 is 5.60 Å². The van der Waals surface area contributed by atoms with E-state index in [9.17, 15) is 9.59 Å². The van der Waals surface area contributed by atoms with Crippen LogP contribution in [0.5, 0.6) is 5.75 Å². The zero-order valence-electron chi connectivity index (χ0n) is 13.7. The minimum Gasteiger partial charge on any atom is -0.493 e. The smallest absolute Gasteiger partial charge is 0.407 e. The highest BCUT2D eigenvalue weighted by atomic mass is 16.6. The van der Waals surface area contributed by atoms with E-state index >= 15 is 0 Å². The number of rotatable bonds is 1. The van der Waals surface area contributed by atoms with Crippen molar-refractivity contribution in [1.29, 1.82) is 0 Å². The second-order valence-corrected chi connectivity index (χ2v) is 6.85. The molecule has 4 rings (SSSR count). The standard InChI is InChI=1S/C18H22N2O4/c21-16(14-4-5-15-13(11-14)3-1-10-23-15)20-8-2-6-18(7-9-20)12-19-17(22)24-18/h4-5,11H,1-3,6-10,12H2,(H,19,22)/t18-/m0/s1. The number of benzene rings is 1. The molecule has 0 unspecified atom stereocenters. The van der Waals surface area contributed by atoms with Gasteiger partial charge in [-0.2, -0.15) is 0 Å². The number of aryl methyl sites for hydroxylation is 1. The van der Waals surface area contributed by atoms with Crippen LogP contribution in [0.25, 0.3) is 0 Å². The van der Waals surface area contributed by atoms with Crippen molar-refractivity contribution in [3.63, 3.8) is 0 Å². The Labute approximate surface area is 141 Å². The van der Waals surface area contributed by atoms with Crippen molar-refractivity contribution in [2.75, 3.05) is 26.2 Å². The fourth-order valence-electron chi connectivity index (χ4n) is 3.83. The quantitative estimate of drug-likeness (QED) is 0.856. The van der Waals surface area contributed by atoms with Crippen LogP contribution < -0.4 is 10.1 Å². The summed E-state index contributed by atoms with van der Waals surface area (Å²) < 4.78 is 11.1. The van der Waals surface area contributed by atoms with Gasteiger partial charge in [-0.05, 0) is 49.4 Å². The summed E-state index contributed by atoms with van der Waals surface area (Å²) in [6, 6.07) is 5.72. The van der Waals surface area contributed by atoms with Gasteiger partial charge >= 0.3 is 6.09 Å². The van der Waals surface area contributed by atoms with Crippen LogP contribution in [0.4, 0.5) is 4.79 Å². The molecule has 3 aliphatic rings. The number of hydrogen-bond acceptors (Lipinski definition) is 4. The van der Waals surface area contributed by atoms with E-state index in [0.717, 1.165) is 49.2 Å². The summed E-state index contributed by atoms with van der Waals surface area (Å²) >= 11 is 0. The molecular formula is C18H22N2O4. The predicted molar refractivity (Wildman–Crippen MR) is 87.2 cm³/mol. The lowest BCUT2D eigenvalue weighted by molar-refractivity contribution is 0.0438. The van der Waals surface area contributed by atoms with Crippen molar-refractivity contribution in [3.05, 3.63) is 29.3 Å². The summed E-state index contributed by atoms with van der Waals surface area (Å²) in [5, 5.41) is 2.74. The lowest BCUT2D eigenvalue weighted by atomic mass is 9.95. The molecule has 2 saturated heterocycles. The van der Waals surface area contributed by atoms with Gasteiger partial charge in [0.2, 0.25) is 0 Å². The van der Waals surface area contributed by atoms with Gasteiger partial charge in [-0.25, -0.2) is 4.79 Å². The second-order valence-electron chi connectivity index (χ2n) is 6.85. The molecule has 6 nitrogen and oxygen atoms in total. The zero-order valence-corrected chi connectivity index (χ0v) is 13.7. The van der Waals surface area contributed by atoms with E-state index in [4.69, 9.17) is 9.47 Å². The van der Waals surface area contributed by atoms with Crippen LogP contribution >= 0.6 is 0 Å². The molecule has 3 aliphatic heterocycles. The fourth-order valence-corrected chi connectivity index (χ4v) is 3.83. The topological polar surface area (TPSA) is 67.9 Å². The highest BCUT2D eigenvalue weighted by molar-refractivity contribution is 5.94. The van der Waals surface area contributed by atoms with Crippen LogP contribution in [0.2, 0.25) is 0 Å². The lowest BCUT2D eigenvalue weighted by Crippen LogP contribution is -2.36. The van der Waals surface area contributed by atoms with Gasteiger partial charge in [0.15, 0.2) is 0 Å². The summed E-state index contributed by atoms with van der Waals surface area (Å²) in [5.41, 5.74) is 1.40. The molecule has 0 radical (unpaired) electrons. The number of fused-ring (bicyclic) bond motifs is 1. The first-order valence-electron chi connectivity index (χ1n) is 8.67. The minimum atomic E-state index is -0.435. The summed E-state index contributed by atoms with van der Waals surface area (Å²) in [7, 11) is 0. The Kier molecular flexibility index (Phi) is 3.82. The number of ether oxygens (including phenoxy) is 2. The molecule has 0 aliphatic carbocycles. The van der Waals surface area contributed by atoms with Gasteiger partial charge in [-0.3, -0.25) is 4.79 Å². The molecule has 6 heteroatoms. The molecule has 2 amide bonds. The molecule has 1 atom stereocenters. The van der Waals surface area contributed by atoms with Crippen molar-refractivity contribution < 1.29 is 19.1 Å². The van der Waals surface area contributed by atoms with Crippen LogP contribution in [-0.4, -0.2) is 48.7 Å². The van der Waals surface area contributed by atoms with Crippen LogP contribution in [0.1, 0.15) is 41.6 Å². The number of likely N-dealkylation sites (tertiary alicyclic amines) is 1. The lowest BCUT2D eigenvalue weighted by Gasteiger charge is -2.25. The first-order valence-corrected chi connectivity index (χ1v) is 8.67. The molecule has 1 aromatic rings. The van der Waals surface area contributed by atoms with Gasteiger partial charge in [-0.1, -0.05) is 0 Å². The van der Waals surface area contributed by atoms with Gasteiger partial charge in [0.25, 0.3) is 5.91 Å². The Balaban J connectivity index is 1.47. The van der Waals surface area contributed by atoms with Gasteiger partial charge < -0.3 is 19.7 Å². The van der Waals surface area contributed by atoms with E-state index in [2.05, 4.69) is 5.32 Å². The van der Waals surface area contributed by atoms with E-state index in [1.54, 1.807) is 0 Å². The van der Waals surface area contributed by atoms with Gasteiger partial charge in [0.05, 0.1) is 13.2 Å². The highest BCUT2D eigenvalue weighted by Gasteiger charge is 2.41. The highest BCUT2D eigenvalue weighted by Crippen LogP contribution is 2.30. The molecule has 24 heavy (non-hydrogen) atoms. The van der Waals surface area contributed by atoms with Crippen LogP contribution in [0.3, 0.4) is 0 Å². The molecule has 0 saturated carbocycles. The molecule has 1 spiro atoms. The Hall–Kier alpha value is -2.24. The molecule has 3 heterocycles. The number of carbonyl (C=O) groups excluding carboxylic acids is 2. The molecule has 0 aromatic heterocycles. The van der Waals surface area contributed by atoms with Crippen LogP contribution in [0, 0.1) is 0 Å². The van der Waals surface area contributed by atoms with Gasteiger partial charge in [0, 0.05) is 25.1 Å². The Morgan fingerprint density at radius 1 is 1.21 bits per heavy atom. The van der Waals surface area contributed by atoms with Gasteiger partial charge in [0.1, 0.15) is 11.4 Å². The number of alkyl carbamates (subject to hydrolysis) is 1. The Morgan fingerprint density at radius 3 is 2.96 bits per heavy atom. The maximum atomic E-state index is 12.9. The minimum absolute atomic E-state index is 0.0534. The van der Waals surface area contributed by atoms with Gasteiger partial charge in [-0.15, -0.1) is 0 Å². The largest absolute Gasteiger partial charge is 0.493 e. The third-order valence-corrected chi connectivity index (χ3v) is 5.20.